The number of carboxylic acid groups (broad SMARTS) is 1. The summed E-state index contributed by atoms with van der Waals surface area (Å²) in [5.74, 6) is -1.32. The van der Waals surface area contributed by atoms with Crippen molar-refractivity contribution in [2.45, 2.75) is 32.1 Å². The van der Waals surface area contributed by atoms with Gasteiger partial charge in [0, 0.05) is 19.6 Å². The van der Waals surface area contributed by atoms with E-state index in [0.29, 0.717) is 48.9 Å². The zero-order chi connectivity index (χ0) is 20.7. The molecule has 2 aliphatic rings. The van der Waals surface area contributed by atoms with Crippen molar-refractivity contribution in [1.29, 1.82) is 0 Å². The van der Waals surface area contributed by atoms with Crippen LogP contribution in [0.15, 0.2) is 17.1 Å². The minimum Gasteiger partial charge on any atom is -0.477 e. The van der Waals surface area contributed by atoms with Crippen molar-refractivity contribution in [3.63, 3.8) is 0 Å². The number of aromatic carboxylic acids is 1. The van der Waals surface area contributed by atoms with Crippen molar-refractivity contribution in [3.8, 4) is 0 Å². The van der Waals surface area contributed by atoms with Crippen LogP contribution in [0.2, 0.25) is 0 Å². The number of hydrogen-bond acceptors (Lipinski definition) is 4. The Hall–Kier alpha value is -2.19. The molecule has 4 rings (SSSR count). The SMILES string of the molecule is Cc1c(N2CCC(CNCCF)C2)c(F)cn2c(=O)c(C(=O)O)cc(C3CC3)c12.Cl. The Kier molecular flexibility index (Phi) is 6.67. The number of nitrogens with zero attached hydrogens (tertiary/aromatic N) is 2. The van der Waals surface area contributed by atoms with Gasteiger partial charge in [-0.3, -0.25) is 9.20 Å². The second-order valence-corrected chi connectivity index (χ2v) is 8.06. The van der Waals surface area contributed by atoms with E-state index in [-0.39, 0.29) is 23.9 Å². The van der Waals surface area contributed by atoms with Gasteiger partial charge in [0.05, 0.1) is 17.4 Å². The number of nitrogens with one attached hydrogen (secondary N) is 1. The standard InChI is InChI=1S/C21H25F2N3O3.ClH/c1-12-18-15(14-2-3-14)8-16(21(28)29)20(27)26(18)11-17(23)19(12)25-7-4-13(10-25)9-24-6-5-22;/h8,11,13-14,24H,2-7,9-10H2,1H3,(H,28,29);1H. The number of aryl methyl sites for hydroxylation is 1. The fourth-order valence-corrected chi connectivity index (χ4v) is 4.46. The first kappa shape index (κ1) is 22.5. The molecule has 3 heterocycles. The zero-order valence-corrected chi connectivity index (χ0v) is 17.6. The van der Waals surface area contributed by atoms with Gasteiger partial charge in [-0.05, 0) is 61.8 Å². The van der Waals surface area contributed by atoms with Crippen LogP contribution in [0.4, 0.5) is 14.5 Å². The number of pyridine rings is 2. The largest absolute Gasteiger partial charge is 0.477 e. The van der Waals surface area contributed by atoms with Crippen LogP contribution in [0.3, 0.4) is 0 Å². The Morgan fingerprint density at radius 2 is 2.07 bits per heavy atom. The second-order valence-electron chi connectivity index (χ2n) is 8.06. The molecule has 2 aromatic rings. The maximum absolute atomic E-state index is 15.1. The fraction of sp³-hybridized carbons (Fsp3) is 0.524. The number of rotatable bonds is 7. The molecule has 1 aliphatic carbocycles. The number of fused-ring (bicyclic) bond motifs is 1. The van der Waals surface area contributed by atoms with Crippen molar-refractivity contribution in [1.82, 2.24) is 9.72 Å². The summed E-state index contributed by atoms with van der Waals surface area (Å²) in [6.07, 6.45) is 3.88. The lowest BCUT2D eigenvalue weighted by molar-refractivity contribution is 0.0694. The lowest BCUT2D eigenvalue weighted by Gasteiger charge is -2.24. The van der Waals surface area contributed by atoms with E-state index < -0.39 is 24.0 Å². The van der Waals surface area contributed by atoms with Crippen LogP contribution >= 0.6 is 12.4 Å². The molecule has 6 nitrogen and oxygen atoms in total. The molecule has 1 saturated carbocycles. The Labute approximate surface area is 179 Å². The highest BCUT2D eigenvalue weighted by atomic mass is 35.5. The molecule has 0 aromatic carbocycles. The van der Waals surface area contributed by atoms with Gasteiger partial charge in [-0.15, -0.1) is 12.4 Å². The Morgan fingerprint density at radius 3 is 2.70 bits per heavy atom. The lowest BCUT2D eigenvalue weighted by Crippen LogP contribution is -2.29. The van der Waals surface area contributed by atoms with E-state index in [0.717, 1.165) is 31.0 Å². The summed E-state index contributed by atoms with van der Waals surface area (Å²) in [5, 5.41) is 12.5. The maximum Gasteiger partial charge on any atom is 0.341 e. The van der Waals surface area contributed by atoms with Crippen molar-refractivity contribution >= 4 is 29.6 Å². The highest BCUT2D eigenvalue weighted by Gasteiger charge is 2.32. The quantitative estimate of drug-likeness (QED) is 0.646. The van der Waals surface area contributed by atoms with Crippen LogP contribution in [-0.4, -0.2) is 48.3 Å². The summed E-state index contributed by atoms with van der Waals surface area (Å²) < 4.78 is 28.6. The third kappa shape index (κ3) is 4.03. The van der Waals surface area contributed by atoms with Crippen molar-refractivity contribution in [3.05, 3.63) is 45.1 Å². The average molecular weight is 442 g/mol. The molecule has 0 bridgehead atoms. The van der Waals surface area contributed by atoms with Gasteiger partial charge in [0.2, 0.25) is 0 Å². The summed E-state index contributed by atoms with van der Waals surface area (Å²) in [6, 6.07) is 1.47. The predicted octanol–water partition coefficient (Wildman–Crippen LogP) is 3.13. The molecule has 2 aromatic heterocycles. The number of carboxylic acids is 1. The van der Waals surface area contributed by atoms with Crippen molar-refractivity contribution in [2.24, 2.45) is 5.92 Å². The molecular formula is C21H26ClF2N3O3. The number of aromatic nitrogens is 1. The third-order valence-electron chi connectivity index (χ3n) is 6.00. The molecule has 2 N–H and O–H groups in total. The Morgan fingerprint density at radius 1 is 1.33 bits per heavy atom. The first-order valence-corrected chi connectivity index (χ1v) is 10.1. The molecular weight excluding hydrogens is 416 g/mol. The summed E-state index contributed by atoms with van der Waals surface area (Å²) >= 11 is 0. The predicted molar refractivity (Wildman–Crippen MR) is 114 cm³/mol. The topological polar surface area (TPSA) is 74.0 Å². The summed E-state index contributed by atoms with van der Waals surface area (Å²) in [6.45, 7) is 3.73. The van der Waals surface area contributed by atoms with Crippen LogP contribution in [0.25, 0.3) is 5.52 Å². The number of carbonyl (C=O) groups is 1. The van der Waals surface area contributed by atoms with Crippen LogP contribution in [0, 0.1) is 18.7 Å². The molecule has 0 radical (unpaired) electrons. The van der Waals surface area contributed by atoms with Crippen molar-refractivity contribution < 1.29 is 18.7 Å². The van der Waals surface area contributed by atoms with E-state index in [1.165, 1.54) is 10.5 Å². The van der Waals surface area contributed by atoms with E-state index in [1.807, 2.05) is 4.90 Å². The van der Waals surface area contributed by atoms with Gasteiger partial charge in [0.15, 0.2) is 5.82 Å². The summed E-state index contributed by atoms with van der Waals surface area (Å²) in [5.41, 5.74) is 1.54. The van der Waals surface area contributed by atoms with E-state index >= 15 is 4.39 Å². The van der Waals surface area contributed by atoms with E-state index in [2.05, 4.69) is 5.32 Å². The average Bonchev–Trinajstić information content (AvgIpc) is 3.42. The molecule has 1 aliphatic heterocycles. The normalized spacial score (nSPS) is 18.6. The molecule has 1 atom stereocenters. The number of hydrogen-bond donors (Lipinski definition) is 2. The Balaban J connectivity index is 0.00000256. The molecule has 0 spiro atoms. The van der Waals surface area contributed by atoms with Gasteiger partial charge in [-0.2, -0.15) is 0 Å². The smallest absolute Gasteiger partial charge is 0.341 e. The first-order valence-electron chi connectivity index (χ1n) is 10.1. The van der Waals surface area contributed by atoms with E-state index in [1.54, 1.807) is 6.92 Å². The minimum absolute atomic E-state index is 0. The zero-order valence-electron chi connectivity index (χ0n) is 16.8. The molecule has 2 fully saturated rings. The maximum atomic E-state index is 15.1. The molecule has 9 heteroatoms. The van der Waals surface area contributed by atoms with Gasteiger partial charge >= 0.3 is 5.97 Å². The first-order chi connectivity index (χ1) is 13.9. The highest BCUT2D eigenvalue weighted by molar-refractivity contribution is 5.89. The van der Waals surface area contributed by atoms with E-state index in [4.69, 9.17) is 0 Å². The van der Waals surface area contributed by atoms with Crippen LogP contribution in [0.1, 0.15) is 46.7 Å². The van der Waals surface area contributed by atoms with Gasteiger partial charge in [0.1, 0.15) is 12.2 Å². The number of alkyl halides is 1. The molecule has 30 heavy (non-hydrogen) atoms. The Bertz CT molecular complexity index is 1020. The third-order valence-corrected chi connectivity index (χ3v) is 6.00. The van der Waals surface area contributed by atoms with Gasteiger partial charge < -0.3 is 15.3 Å². The molecule has 1 unspecified atom stereocenters. The summed E-state index contributed by atoms with van der Waals surface area (Å²) in [4.78, 5) is 26.2. The van der Waals surface area contributed by atoms with Crippen LogP contribution in [-0.2, 0) is 0 Å². The van der Waals surface area contributed by atoms with Gasteiger partial charge in [0.25, 0.3) is 5.56 Å². The molecule has 0 amide bonds. The molecule has 164 valence electrons. The minimum atomic E-state index is -1.29. The summed E-state index contributed by atoms with van der Waals surface area (Å²) in [7, 11) is 0. The van der Waals surface area contributed by atoms with E-state index in [9.17, 15) is 19.1 Å². The number of anilines is 1. The second kappa shape index (κ2) is 8.89. The molecule has 1 saturated heterocycles. The number of halogens is 3. The van der Waals surface area contributed by atoms with Crippen LogP contribution in [0.5, 0.6) is 0 Å². The van der Waals surface area contributed by atoms with Gasteiger partial charge in [-0.1, -0.05) is 0 Å². The van der Waals surface area contributed by atoms with Gasteiger partial charge in [-0.25, -0.2) is 13.6 Å². The fourth-order valence-electron chi connectivity index (χ4n) is 4.46. The lowest BCUT2D eigenvalue weighted by atomic mass is 10.0. The monoisotopic (exact) mass is 441 g/mol. The van der Waals surface area contributed by atoms with Crippen LogP contribution < -0.4 is 15.8 Å². The highest BCUT2D eigenvalue weighted by Crippen LogP contribution is 2.44. The van der Waals surface area contributed by atoms with Crippen molar-refractivity contribution in [2.75, 3.05) is 37.8 Å².